The van der Waals surface area contributed by atoms with E-state index in [9.17, 15) is 4.79 Å². The average molecular weight is 355 g/mol. The van der Waals surface area contributed by atoms with Crippen LogP contribution < -0.4 is 4.90 Å². The minimum Gasteiger partial charge on any atom is -0.465 e. The van der Waals surface area contributed by atoms with Crippen molar-refractivity contribution in [1.82, 2.24) is 9.97 Å². The summed E-state index contributed by atoms with van der Waals surface area (Å²) in [4.78, 5) is 22.6. The van der Waals surface area contributed by atoms with Crippen LogP contribution in [-0.2, 0) is 9.47 Å². The van der Waals surface area contributed by atoms with E-state index in [0.717, 1.165) is 5.56 Å². The summed E-state index contributed by atoms with van der Waals surface area (Å²) >= 11 is 0. The summed E-state index contributed by atoms with van der Waals surface area (Å²) in [5, 5.41) is 0. The zero-order chi connectivity index (χ0) is 18.7. The van der Waals surface area contributed by atoms with Gasteiger partial charge in [0.15, 0.2) is 0 Å². The highest BCUT2D eigenvalue weighted by Gasteiger charge is 2.37. The fourth-order valence-corrected chi connectivity index (χ4v) is 3.09. The Morgan fingerprint density at radius 3 is 2.62 bits per heavy atom. The molecule has 2 atom stereocenters. The van der Waals surface area contributed by atoms with Gasteiger partial charge in [0, 0.05) is 19.3 Å². The van der Waals surface area contributed by atoms with Gasteiger partial charge in [-0.1, -0.05) is 51.1 Å². The number of ether oxygens (including phenoxy) is 2. The monoisotopic (exact) mass is 355 g/mol. The molecule has 1 aromatic heterocycles. The Balaban J connectivity index is 1.97. The lowest BCUT2D eigenvalue weighted by Gasteiger charge is -2.44. The molecule has 3 rings (SSSR count). The number of esters is 1. The quantitative estimate of drug-likeness (QED) is 0.788. The molecule has 1 fully saturated rings. The maximum absolute atomic E-state index is 12.1. The Kier molecular flexibility index (Phi) is 5.23. The van der Waals surface area contributed by atoms with Crippen LogP contribution in [0.5, 0.6) is 0 Å². The zero-order valence-electron chi connectivity index (χ0n) is 15.7. The second-order valence-electron chi connectivity index (χ2n) is 7.55. The van der Waals surface area contributed by atoms with Gasteiger partial charge in [0.2, 0.25) is 0 Å². The van der Waals surface area contributed by atoms with Gasteiger partial charge in [0.05, 0.1) is 13.2 Å². The molecule has 1 aromatic carbocycles. The molecular formula is C20H25N3O3. The lowest BCUT2D eigenvalue weighted by molar-refractivity contribution is -0.0793. The molecule has 2 aromatic rings. The molecule has 138 valence electrons. The molecule has 0 bridgehead atoms. The topological polar surface area (TPSA) is 64.5 Å². The van der Waals surface area contributed by atoms with Crippen molar-refractivity contribution in [2.75, 3.05) is 25.1 Å². The molecule has 6 heteroatoms. The molecular weight excluding hydrogens is 330 g/mol. The molecule has 1 aliphatic rings. The van der Waals surface area contributed by atoms with Crippen molar-refractivity contribution in [3.05, 3.63) is 54.0 Å². The zero-order valence-corrected chi connectivity index (χ0v) is 15.7. The van der Waals surface area contributed by atoms with Crippen molar-refractivity contribution in [3.63, 3.8) is 0 Å². The molecule has 0 aliphatic carbocycles. The Labute approximate surface area is 154 Å². The molecule has 26 heavy (non-hydrogen) atoms. The molecule has 0 N–H and O–H groups in total. The van der Waals surface area contributed by atoms with Crippen LogP contribution in [0.15, 0.2) is 42.9 Å². The van der Waals surface area contributed by atoms with Crippen LogP contribution in [0.3, 0.4) is 0 Å². The first-order valence-electron chi connectivity index (χ1n) is 8.74. The highest BCUT2D eigenvalue weighted by molar-refractivity contribution is 5.94. The van der Waals surface area contributed by atoms with Gasteiger partial charge in [0.1, 0.15) is 23.8 Å². The van der Waals surface area contributed by atoms with Crippen LogP contribution >= 0.6 is 0 Å². The average Bonchev–Trinajstić information content (AvgIpc) is 2.67. The van der Waals surface area contributed by atoms with Crippen molar-refractivity contribution < 1.29 is 14.3 Å². The van der Waals surface area contributed by atoms with Crippen LogP contribution in [0.4, 0.5) is 5.82 Å². The number of benzene rings is 1. The van der Waals surface area contributed by atoms with Gasteiger partial charge < -0.3 is 14.4 Å². The predicted molar refractivity (Wildman–Crippen MR) is 99.1 cm³/mol. The lowest BCUT2D eigenvalue weighted by Crippen LogP contribution is -2.50. The number of hydrogen-bond donors (Lipinski definition) is 0. The molecule has 2 heterocycles. The smallest absolute Gasteiger partial charge is 0.343 e. The van der Waals surface area contributed by atoms with E-state index in [4.69, 9.17) is 9.47 Å². The van der Waals surface area contributed by atoms with Crippen LogP contribution in [0.1, 0.15) is 42.8 Å². The van der Waals surface area contributed by atoms with Crippen LogP contribution in [0, 0.1) is 5.41 Å². The molecule has 0 radical (unpaired) electrons. The summed E-state index contributed by atoms with van der Waals surface area (Å²) in [6, 6.07) is 10.1. The number of rotatable bonds is 3. The summed E-state index contributed by atoms with van der Waals surface area (Å²) in [6.07, 6.45) is 2.85. The van der Waals surface area contributed by atoms with Gasteiger partial charge >= 0.3 is 5.97 Å². The third kappa shape index (κ3) is 3.85. The number of anilines is 1. The van der Waals surface area contributed by atoms with Gasteiger partial charge in [-0.25, -0.2) is 14.8 Å². The van der Waals surface area contributed by atoms with Gasteiger partial charge in [0.25, 0.3) is 0 Å². The molecule has 0 amide bonds. The van der Waals surface area contributed by atoms with Crippen molar-refractivity contribution in [2.24, 2.45) is 5.41 Å². The van der Waals surface area contributed by atoms with E-state index >= 15 is 0 Å². The summed E-state index contributed by atoms with van der Waals surface area (Å²) < 4.78 is 11.3. The molecule has 0 spiro atoms. The van der Waals surface area contributed by atoms with Crippen molar-refractivity contribution in [1.29, 1.82) is 0 Å². The minimum atomic E-state index is -0.435. The van der Waals surface area contributed by atoms with Crippen LogP contribution in [-0.4, -0.2) is 42.2 Å². The SMILES string of the molecule is COC(=O)c1cncnc1N1C[C@@H](c2ccccc2)O[C@@H](C(C)(C)C)C1. The van der Waals surface area contributed by atoms with E-state index < -0.39 is 5.97 Å². The van der Waals surface area contributed by atoms with Crippen molar-refractivity contribution >= 4 is 11.8 Å². The normalized spacial score (nSPS) is 20.7. The molecule has 0 saturated carbocycles. The number of morpholine rings is 1. The molecule has 6 nitrogen and oxygen atoms in total. The van der Waals surface area contributed by atoms with Gasteiger partial charge in [-0.3, -0.25) is 0 Å². The Morgan fingerprint density at radius 1 is 1.23 bits per heavy atom. The van der Waals surface area contributed by atoms with Gasteiger partial charge in [-0.15, -0.1) is 0 Å². The number of carbonyl (C=O) groups excluding carboxylic acids is 1. The summed E-state index contributed by atoms with van der Waals surface area (Å²) in [7, 11) is 1.36. The van der Waals surface area contributed by atoms with Crippen LogP contribution in [0.2, 0.25) is 0 Å². The second kappa shape index (κ2) is 7.41. The highest BCUT2D eigenvalue weighted by atomic mass is 16.5. The maximum atomic E-state index is 12.1. The lowest BCUT2D eigenvalue weighted by atomic mass is 9.87. The Bertz CT molecular complexity index is 758. The van der Waals surface area contributed by atoms with E-state index in [2.05, 4.69) is 47.8 Å². The summed E-state index contributed by atoms with van der Waals surface area (Å²) in [5.74, 6) is 0.154. The fraction of sp³-hybridized carbons (Fsp3) is 0.450. The van der Waals surface area contributed by atoms with Crippen molar-refractivity contribution in [2.45, 2.75) is 33.0 Å². The summed E-state index contributed by atoms with van der Waals surface area (Å²) in [5.41, 5.74) is 1.43. The maximum Gasteiger partial charge on any atom is 0.343 e. The number of aromatic nitrogens is 2. The Morgan fingerprint density at radius 2 is 1.96 bits per heavy atom. The van der Waals surface area contributed by atoms with E-state index in [0.29, 0.717) is 24.5 Å². The molecule has 1 saturated heterocycles. The predicted octanol–water partition coefficient (Wildman–Crippen LogP) is 3.26. The van der Waals surface area contributed by atoms with Gasteiger partial charge in [-0.2, -0.15) is 0 Å². The minimum absolute atomic E-state index is 0.0121. The summed E-state index contributed by atoms with van der Waals surface area (Å²) in [6.45, 7) is 7.73. The first-order valence-corrected chi connectivity index (χ1v) is 8.74. The van der Waals surface area contributed by atoms with E-state index in [1.165, 1.54) is 19.6 Å². The fourth-order valence-electron chi connectivity index (χ4n) is 3.09. The highest BCUT2D eigenvalue weighted by Crippen LogP contribution is 2.35. The molecule has 1 aliphatic heterocycles. The van der Waals surface area contributed by atoms with E-state index in [1.807, 2.05) is 18.2 Å². The molecule has 0 unspecified atom stereocenters. The van der Waals surface area contributed by atoms with Gasteiger partial charge in [-0.05, 0) is 11.0 Å². The first kappa shape index (κ1) is 18.3. The number of hydrogen-bond acceptors (Lipinski definition) is 6. The van der Waals surface area contributed by atoms with E-state index in [-0.39, 0.29) is 17.6 Å². The largest absolute Gasteiger partial charge is 0.465 e. The third-order valence-corrected chi connectivity index (χ3v) is 4.63. The third-order valence-electron chi connectivity index (χ3n) is 4.63. The second-order valence-corrected chi connectivity index (χ2v) is 7.55. The van der Waals surface area contributed by atoms with E-state index in [1.54, 1.807) is 0 Å². The number of nitrogens with zero attached hydrogens (tertiary/aromatic N) is 3. The van der Waals surface area contributed by atoms with Crippen molar-refractivity contribution in [3.8, 4) is 0 Å². The number of carbonyl (C=O) groups is 1. The standard InChI is InChI=1S/C20H25N3O3/c1-20(2,3)17-12-23(11-16(26-17)14-8-6-5-7-9-14)18-15(19(24)25-4)10-21-13-22-18/h5-10,13,16-17H,11-12H2,1-4H3/t16-,17+/m0/s1. The Hall–Kier alpha value is -2.47. The number of methoxy groups -OCH3 is 1. The first-order chi connectivity index (χ1) is 12.4. The van der Waals surface area contributed by atoms with Crippen LogP contribution in [0.25, 0.3) is 0 Å².